The van der Waals surface area contributed by atoms with E-state index in [4.69, 9.17) is 0 Å². The standard InChI is InChI=1S/C16H20N4O3/c1-18(8-11-7-17-19(2)9-11)14(21)10-20-15(22)12-5-3-4-6-13(12)16(20)23/h3-4,7,9,12-13H,5-6,8,10H2,1-2H3/t12-,13-/m0/s1. The van der Waals surface area contributed by atoms with Gasteiger partial charge in [-0.25, -0.2) is 0 Å². The highest BCUT2D eigenvalue weighted by Crippen LogP contribution is 2.34. The molecule has 7 heteroatoms. The summed E-state index contributed by atoms with van der Waals surface area (Å²) in [4.78, 5) is 39.7. The summed E-state index contributed by atoms with van der Waals surface area (Å²) in [6.07, 6.45) is 8.57. The molecule has 1 aromatic rings. The van der Waals surface area contributed by atoms with Crippen molar-refractivity contribution in [2.75, 3.05) is 13.6 Å². The molecule has 2 aliphatic rings. The molecule has 1 saturated heterocycles. The van der Waals surface area contributed by atoms with Crippen molar-refractivity contribution in [2.45, 2.75) is 19.4 Å². The van der Waals surface area contributed by atoms with Crippen molar-refractivity contribution in [3.05, 3.63) is 30.1 Å². The molecule has 1 fully saturated rings. The van der Waals surface area contributed by atoms with E-state index in [9.17, 15) is 14.4 Å². The van der Waals surface area contributed by atoms with Gasteiger partial charge in [0.15, 0.2) is 0 Å². The fraction of sp³-hybridized carbons (Fsp3) is 0.500. The van der Waals surface area contributed by atoms with Crippen molar-refractivity contribution < 1.29 is 14.4 Å². The molecular weight excluding hydrogens is 296 g/mol. The second kappa shape index (κ2) is 5.98. The Bertz CT molecular complexity index is 653. The van der Waals surface area contributed by atoms with Crippen LogP contribution < -0.4 is 0 Å². The van der Waals surface area contributed by atoms with Gasteiger partial charge in [-0.2, -0.15) is 5.10 Å². The SMILES string of the molecule is CN(Cc1cnn(C)c1)C(=O)CN1C(=O)[C@H]2CC=CC[C@@H]2C1=O. The van der Waals surface area contributed by atoms with Gasteiger partial charge < -0.3 is 4.90 Å². The van der Waals surface area contributed by atoms with E-state index in [0.29, 0.717) is 19.4 Å². The van der Waals surface area contributed by atoms with Crippen LogP contribution in [0.25, 0.3) is 0 Å². The molecule has 0 saturated carbocycles. The molecule has 0 radical (unpaired) electrons. The Labute approximate surface area is 134 Å². The summed E-state index contributed by atoms with van der Waals surface area (Å²) >= 11 is 0. The third kappa shape index (κ3) is 2.91. The summed E-state index contributed by atoms with van der Waals surface area (Å²) in [6.45, 7) is 0.221. The molecule has 1 aliphatic carbocycles. The molecule has 3 amide bonds. The van der Waals surface area contributed by atoms with E-state index in [0.717, 1.165) is 10.5 Å². The second-order valence-electron chi connectivity index (χ2n) is 6.19. The number of rotatable bonds is 4. The Morgan fingerprint density at radius 2 is 1.87 bits per heavy atom. The van der Waals surface area contributed by atoms with Gasteiger partial charge in [0.05, 0.1) is 18.0 Å². The average Bonchev–Trinajstić information content (AvgIpc) is 3.04. The van der Waals surface area contributed by atoms with E-state index < -0.39 is 0 Å². The zero-order valence-electron chi connectivity index (χ0n) is 13.3. The van der Waals surface area contributed by atoms with Gasteiger partial charge >= 0.3 is 0 Å². The number of likely N-dealkylation sites (N-methyl/N-ethyl adjacent to an activating group) is 1. The fourth-order valence-electron chi connectivity index (χ4n) is 3.20. The molecule has 3 rings (SSSR count). The number of likely N-dealkylation sites (tertiary alicyclic amines) is 1. The number of aryl methyl sites for hydroxylation is 1. The molecule has 0 spiro atoms. The zero-order valence-corrected chi connectivity index (χ0v) is 13.3. The topological polar surface area (TPSA) is 75.5 Å². The van der Waals surface area contributed by atoms with E-state index in [2.05, 4.69) is 5.10 Å². The number of carbonyl (C=O) groups is 3. The number of aromatic nitrogens is 2. The highest BCUT2D eigenvalue weighted by molar-refractivity contribution is 6.07. The van der Waals surface area contributed by atoms with Gasteiger partial charge in [-0.05, 0) is 12.8 Å². The minimum absolute atomic E-state index is 0.179. The van der Waals surface area contributed by atoms with Crippen LogP contribution in [0.1, 0.15) is 18.4 Å². The maximum atomic E-state index is 12.4. The lowest BCUT2D eigenvalue weighted by molar-refractivity contribution is -0.146. The third-order valence-corrected chi connectivity index (χ3v) is 4.50. The number of amides is 3. The number of hydrogen-bond acceptors (Lipinski definition) is 4. The number of fused-ring (bicyclic) bond motifs is 1. The number of imide groups is 1. The van der Waals surface area contributed by atoms with E-state index in [-0.39, 0.29) is 36.1 Å². The smallest absolute Gasteiger partial charge is 0.242 e. The van der Waals surface area contributed by atoms with E-state index in [1.54, 1.807) is 17.9 Å². The Kier molecular flexibility index (Phi) is 4.02. The van der Waals surface area contributed by atoms with E-state index >= 15 is 0 Å². The van der Waals surface area contributed by atoms with Gasteiger partial charge in [-0.15, -0.1) is 0 Å². The molecule has 1 aromatic heterocycles. The van der Waals surface area contributed by atoms with Gasteiger partial charge in [0.25, 0.3) is 0 Å². The van der Waals surface area contributed by atoms with Crippen LogP contribution in [0.3, 0.4) is 0 Å². The summed E-state index contributed by atoms with van der Waals surface area (Å²) in [5.41, 5.74) is 0.903. The summed E-state index contributed by atoms with van der Waals surface area (Å²) in [5, 5.41) is 4.06. The Balaban J connectivity index is 1.63. The van der Waals surface area contributed by atoms with Crippen molar-refractivity contribution in [2.24, 2.45) is 18.9 Å². The molecule has 2 heterocycles. The van der Waals surface area contributed by atoms with Crippen molar-refractivity contribution in [1.82, 2.24) is 19.6 Å². The zero-order chi connectivity index (χ0) is 16.6. The highest BCUT2D eigenvalue weighted by Gasteiger charge is 2.47. The predicted octanol–water partition coefficient (Wildman–Crippen LogP) is 0.330. The molecule has 0 N–H and O–H groups in total. The van der Waals surface area contributed by atoms with Crippen LogP contribution in [-0.4, -0.2) is 50.9 Å². The van der Waals surface area contributed by atoms with Crippen LogP contribution in [0, 0.1) is 11.8 Å². The van der Waals surface area contributed by atoms with Gasteiger partial charge in [0, 0.05) is 32.4 Å². The lowest BCUT2D eigenvalue weighted by Gasteiger charge is -2.20. The normalized spacial score (nSPS) is 23.3. The highest BCUT2D eigenvalue weighted by atomic mass is 16.2. The quantitative estimate of drug-likeness (QED) is 0.592. The average molecular weight is 316 g/mol. The van der Waals surface area contributed by atoms with Crippen LogP contribution in [-0.2, 0) is 28.0 Å². The predicted molar refractivity (Wildman–Crippen MR) is 81.8 cm³/mol. The van der Waals surface area contributed by atoms with Crippen molar-refractivity contribution in [3.8, 4) is 0 Å². The third-order valence-electron chi connectivity index (χ3n) is 4.50. The molecule has 23 heavy (non-hydrogen) atoms. The molecule has 1 aliphatic heterocycles. The van der Waals surface area contributed by atoms with Crippen LogP contribution in [0.4, 0.5) is 0 Å². The summed E-state index contributed by atoms with van der Waals surface area (Å²) in [7, 11) is 3.47. The maximum absolute atomic E-state index is 12.4. The van der Waals surface area contributed by atoms with E-state index in [1.807, 2.05) is 25.4 Å². The van der Waals surface area contributed by atoms with Gasteiger partial charge in [0.2, 0.25) is 17.7 Å². The van der Waals surface area contributed by atoms with E-state index in [1.165, 1.54) is 4.90 Å². The van der Waals surface area contributed by atoms with Gasteiger partial charge in [-0.1, -0.05) is 12.2 Å². The number of carbonyl (C=O) groups excluding carboxylic acids is 3. The second-order valence-corrected chi connectivity index (χ2v) is 6.19. The summed E-state index contributed by atoms with van der Waals surface area (Å²) < 4.78 is 1.67. The minimum atomic E-state index is -0.288. The lowest BCUT2D eigenvalue weighted by atomic mass is 9.85. The van der Waals surface area contributed by atoms with Gasteiger partial charge in [0.1, 0.15) is 6.54 Å². The Morgan fingerprint density at radius 3 is 2.39 bits per heavy atom. The van der Waals surface area contributed by atoms with Crippen LogP contribution in [0.2, 0.25) is 0 Å². The first-order chi connectivity index (χ1) is 11.0. The number of hydrogen-bond donors (Lipinski definition) is 0. The Hall–Kier alpha value is -2.44. The van der Waals surface area contributed by atoms with Crippen LogP contribution in [0.5, 0.6) is 0 Å². The molecule has 2 atom stereocenters. The molecule has 0 unspecified atom stereocenters. The first-order valence-corrected chi connectivity index (χ1v) is 7.69. The van der Waals surface area contributed by atoms with Gasteiger partial charge in [-0.3, -0.25) is 24.0 Å². The monoisotopic (exact) mass is 316 g/mol. The van der Waals surface area contributed by atoms with Crippen LogP contribution >= 0.6 is 0 Å². The molecule has 0 aromatic carbocycles. The molecule has 0 bridgehead atoms. The van der Waals surface area contributed by atoms with Crippen molar-refractivity contribution >= 4 is 17.7 Å². The maximum Gasteiger partial charge on any atom is 0.242 e. The Morgan fingerprint density at radius 1 is 1.26 bits per heavy atom. The molecular formula is C16H20N4O3. The summed E-state index contributed by atoms with van der Waals surface area (Å²) in [6, 6.07) is 0. The van der Waals surface area contributed by atoms with Crippen molar-refractivity contribution in [1.29, 1.82) is 0 Å². The lowest BCUT2D eigenvalue weighted by Crippen LogP contribution is -2.41. The summed E-state index contributed by atoms with van der Waals surface area (Å²) in [5.74, 6) is -1.25. The number of nitrogens with zero attached hydrogens (tertiary/aromatic N) is 4. The first-order valence-electron chi connectivity index (χ1n) is 7.69. The molecule has 7 nitrogen and oxygen atoms in total. The first kappa shape index (κ1) is 15.5. The minimum Gasteiger partial charge on any atom is -0.340 e. The fourth-order valence-corrected chi connectivity index (χ4v) is 3.20. The molecule has 122 valence electrons. The number of allylic oxidation sites excluding steroid dienone is 2. The largest absolute Gasteiger partial charge is 0.340 e. The van der Waals surface area contributed by atoms with Crippen molar-refractivity contribution in [3.63, 3.8) is 0 Å². The van der Waals surface area contributed by atoms with Crippen LogP contribution in [0.15, 0.2) is 24.5 Å².